The lowest BCUT2D eigenvalue weighted by molar-refractivity contribution is 0.0761. The van der Waals surface area contributed by atoms with Crippen LogP contribution in [0, 0.1) is 12.3 Å². The number of aliphatic hydroxyl groups excluding tert-OH is 1. The lowest BCUT2D eigenvalue weighted by atomic mass is 10.0. The fourth-order valence-electron chi connectivity index (χ4n) is 2.85. The van der Waals surface area contributed by atoms with E-state index in [0.29, 0.717) is 36.5 Å². The highest BCUT2D eigenvalue weighted by Gasteiger charge is 2.55. The summed E-state index contributed by atoms with van der Waals surface area (Å²) in [5, 5.41) is 13.9. The van der Waals surface area contributed by atoms with Gasteiger partial charge < -0.3 is 14.5 Å². The van der Waals surface area contributed by atoms with Gasteiger partial charge in [0.25, 0.3) is 5.91 Å². The zero-order chi connectivity index (χ0) is 12.9. The number of aryl methyl sites for hydroxylation is 2. The van der Waals surface area contributed by atoms with E-state index in [-0.39, 0.29) is 17.4 Å². The molecule has 1 aromatic rings. The summed E-state index contributed by atoms with van der Waals surface area (Å²) in [5.41, 5.74) is 1.22. The number of rotatable bonds is 2. The highest BCUT2D eigenvalue weighted by atomic mass is 16.5. The molecule has 1 amide bonds. The van der Waals surface area contributed by atoms with E-state index < -0.39 is 0 Å². The number of aliphatic hydroxyl groups is 1. The largest absolute Gasteiger partial charge is 0.391 e. The van der Waals surface area contributed by atoms with Gasteiger partial charge >= 0.3 is 0 Å². The van der Waals surface area contributed by atoms with Crippen LogP contribution in [0.1, 0.15) is 41.6 Å². The molecule has 5 nitrogen and oxygen atoms in total. The molecule has 3 rings (SSSR count). The number of β-amino-alcohol motifs (C(OH)–C–C–N with tert-alkyl or cyclic N) is 1. The van der Waals surface area contributed by atoms with E-state index >= 15 is 0 Å². The summed E-state index contributed by atoms with van der Waals surface area (Å²) in [6, 6.07) is 0. The maximum absolute atomic E-state index is 12.5. The molecule has 2 fully saturated rings. The van der Waals surface area contributed by atoms with Crippen LogP contribution in [0.15, 0.2) is 4.52 Å². The van der Waals surface area contributed by atoms with Crippen LogP contribution >= 0.6 is 0 Å². The van der Waals surface area contributed by atoms with Crippen molar-refractivity contribution in [3.8, 4) is 0 Å². The third-order valence-corrected chi connectivity index (χ3v) is 4.25. The van der Waals surface area contributed by atoms with E-state index in [1.807, 2.05) is 6.92 Å². The zero-order valence-corrected chi connectivity index (χ0v) is 10.8. The molecule has 1 N–H and O–H groups in total. The van der Waals surface area contributed by atoms with Crippen LogP contribution in [0.3, 0.4) is 0 Å². The fourth-order valence-corrected chi connectivity index (χ4v) is 2.85. The van der Waals surface area contributed by atoms with Crippen LogP contribution in [0.2, 0.25) is 0 Å². The van der Waals surface area contributed by atoms with Gasteiger partial charge in [0, 0.05) is 24.9 Å². The summed E-state index contributed by atoms with van der Waals surface area (Å²) in [4.78, 5) is 14.2. The van der Waals surface area contributed by atoms with Gasteiger partial charge in [0.2, 0.25) is 0 Å². The van der Waals surface area contributed by atoms with E-state index in [1.165, 1.54) is 0 Å². The van der Waals surface area contributed by atoms with Gasteiger partial charge in [-0.05, 0) is 19.8 Å². The van der Waals surface area contributed by atoms with Crippen molar-refractivity contribution in [2.45, 2.75) is 39.2 Å². The number of hydrogen-bond donors (Lipinski definition) is 1. The second-order valence-electron chi connectivity index (χ2n) is 5.48. The fraction of sp³-hybridized carbons (Fsp3) is 0.692. The Morgan fingerprint density at radius 2 is 2.33 bits per heavy atom. The highest BCUT2D eigenvalue weighted by Crippen LogP contribution is 2.53. The topological polar surface area (TPSA) is 66.6 Å². The quantitative estimate of drug-likeness (QED) is 0.854. The maximum Gasteiger partial charge on any atom is 0.259 e. The molecule has 1 atom stereocenters. The Labute approximate surface area is 106 Å². The van der Waals surface area contributed by atoms with Crippen LogP contribution < -0.4 is 0 Å². The van der Waals surface area contributed by atoms with Crippen molar-refractivity contribution in [2.75, 3.05) is 13.1 Å². The molecule has 2 heterocycles. The first-order valence-corrected chi connectivity index (χ1v) is 6.50. The molecule has 2 aliphatic rings. The van der Waals surface area contributed by atoms with E-state index in [9.17, 15) is 9.90 Å². The van der Waals surface area contributed by atoms with Crippen molar-refractivity contribution in [3.05, 3.63) is 17.0 Å². The second kappa shape index (κ2) is 3.82. The Kier molecular flexibility index (Phi) is 2.48. The van der Waals surface area contributed by atoms with E-state index in [4.69, 9.17) is 4.52 Å². The number of amides is 1. The summed E-state index contributed by atoms with van der Waals surface area (Å²) >= 11 is 0. The van der Waals surface area contributed by atoms with E-state index in [1.54, 1.807) is 11.8 Å². The predicted molar refractivity (Wildman–Crippen MR) is 64.2 cm³/mol. The molecule has 1 saturated carbocycles. The van der Waals surface area contributed by atoms with E-state index in [2.05, 4.69) is 5.16 Å². The number of likely N-dealkylation sites (tertiary alicyclic amines) is 1. The Hall–Kier alpha value is -1.36. The molecule has 1 aliphatic heterocycles. The summed E-state index contributed by atoms with van der Waals surface area (Å²) in [7, 11) is 0. The summed E-state index contributed by atoms with van der Waals surface area (Å²) in [5.74, 6) is 0.595. The number of hydrogen-bond acceptors (Lipinski definition) is 4. The zero-order valence-electron chi connectivity index (χ0n) is 10.8. The lowest BCUT2D eigenvalue weighted by Gasteiger charge is -2.15. The first-order valence-electron chi connectivity index (χ1n) is 6.50. The lowest BCUT2D eigenvalue weighted by Crippen LogP contribution is -2.30. The maximum atomic E-state index is 12.5. The molecule has 98 valence electrons. The summed E-state index contributed by atoms with van der Waals surface area (Å²) < 4.78 is 5.16. The summed E-state index contributed by atoms with van der Waals surface area (Å²) in [6.45, 7) is 4.83. The van der Waals surface area contributed by atoms with Crippen LogP contribution in [0.4, 0.5) is 0 Å². The Morgan fingerprint density at radius 1 is 1.61 bits per heavy atom. The Bertz CT molecular complexity index is 490. The van der Waals surface area contributed by atoms with Crippen LogP contribution in [0.5, 0.6) is 0 Å². The molecular weight excluding hydrogens is 232 g/mol. The average molecular weight is 250 g/mol. The van der Waals surface area contributed by atoms with Gasteiger partial charge in [-0.3, -0.25) is 4.79 Å². The van der Waals surface area contributed by atoms with Crippen LogP contribution in [0.25, 0.3) is 0 Å². The smallest absolute Gasteiger partial charge is 0.259 e. The first kappa shape index (κ1) is 11.7. The number of nitrogens with zero attached hydrogens (tertiary/aromatic N) is 2. The molecule has 1 aromatic heterocycles. The minimum Gasteiger partial charge on any atom is -0.391 e. The molecule has 0 aromatic carbocycles. The number of carbonyl (C=O) groups is 1. The van der Waals surface area contributed by atoms with Crippen molar-refractivity contribution in [2.24, 2.45) is 5.41 Å². The van der Waals surface area contributed by atoms with Crippen molar-refractivity contribution >= 4 is 5.91 Å². The van der Waals surface area contributed by atoms with Gasteiger partial charge in [-0.15, -0.1) is 0 Å². The standard InChI is InChI=1S/C13H18N2O3/c1-3-9-11(8(2)14-18-9)12(17)15-6-10(16)13(7-15)4-5-13/h10,16H,3-7H2,1-2H3. The van der Waals surface area contributed by atoms with Crippen LogP contribution in [-0.4, -0.2) is 40.3 Å². The van der Waals surface area contributed by atoms with Crippen molar-refractivity contribution in [1.29, 1.82) is 0 Å². The molecule has 0 radical (unpaired) electrons. The van der Waals surface area contributed by atoms with Crippen molar-refractivity contribution in [3.63, 3.8) is 0 Å². The van der Waals surface area contributed by atoms with Crippen LogP contribution in [-0.2, 0) is 6.42 Å². The van der Waals surface area contributed by atoms with Crippen molar-refractivity contribution in [1.82, 2.24) is 10.1 Å². The molecule has 1 saturated heterocycles. The normalized spacial score (nSPS) is 24.8. The molecular formula is C13H18N2O3. The van der Waals surface area contributed by atoms with Gasteiger partial charge in [-0.1, -0.05) is 12.1 Å². The summed E-state index contributed by atoms with van der Waals surface area (Å²) in [6.07, 6.45) is 2.35. The molecule has 1 aliphatic carbocycles. The third kappa shape index (κ3) is 1.57. The average Bonchev–Trinajstić information content (AvgIpc) is 2.92. The van der Waals surface area contributed by atoms with Gasteiger partial charge in [0.1, 0.15) is 11.3 Å². The minimum absolute atomic E-state index is 0.00684. The molecule has 0 bridgehead atoms. The van der Waals surface area contributed by atoms with Crippen molar-refractivity contribution < 1.29 is 14.4 Å². The van der Waals surface area contributed by atoms with Gasteiger partial charge in [0.05, 0.1) is 11.8 Å². The van der Waals surface area contributed by atoms with Gasteiger partial charge in [-0.2, -0.15) is 0 Å². The van der Waals surface area contributed by atoms with E-state index in [0.717, 1.165) is 12.8 Å². The number of carbonyl (C=O) groups excluding carboxylic acids is 1. The minimum atomic E-state index is -0.369. The molecule has 1 spiro atoms. The molecule has 1 unspecified atom stereocenters. The monoisotopic (exact) mass is 250 g/mol. The SMILES string of the molecule is CCc1onc(C)c1C(=O)N1CC(O)C2(CC2)C1. The van der Waals surface area contributed by atoms with Gasteiger partial charge in [0.15, 0.2) is 0 Å². The first-order chi connectivity index (χ1) is 8.57. The second-order valence-corrected chi connectivity index (χ2v) is 5.48. The molecule has 5 heteroatoms. The Balaban J connectivity index is 1.85. The highest BCUT2D eigenvalue weighted by molar-refractivity contribution is 5.96. The Morgan fingerprint density at radius 3 is 2.89 bits per heavy atom. The van der Waals surface area contributed by atoms with Gasteiger partial charge in [-0.25, -0.2) is 0 Å². The number of aromatic nitrogens is 1. The molecule has 18 heavy (non-hydrogen) atoms. The predicted octanol–water partition coefficient (Wildman–Crippen LogP) is 1.14. The third-order valence-electron chi connectivity index (χ3n) is 4.25.